The highest BCUT2D eigenvalue weighted by molar-refractivity contribution is 5.77. The molecule has 1 fully saturated rings. The molecule has 0 amide bonds. The van der Waals surface area contributed by atoms with Gasteiger partial charge in [0.05, 0.1) is 29.7 Å². The molecule has 1 atom stereocenters. The summed E-state index contributed by atoms with van der Waals surface area (Å²) in [6.45, 7) is 0.725. The zero-order valence-corrected chi connectivity index (χ0v) is 14.0. The van der Waals surface area contributed by atoms with E-state index in [0.717, 1.165) is 29.5 Å². The van der Waals surface area contributed by atoms with Crippen molar-refractivity contribution in [1.29, 1.82) is 0 Å². The molecule has 0 N–H and O–H groups in total. The molecule has 1 aromatic carbocycles. The maximum Gasteiger partial charge on any atom is 0.261 e. The second kappa shape index (κ2) is 6.95. The van der Waals surface area contributed by atoms with E-state index < -0.39 is 18.5 Å². The van der Waals surface area contributed by atoms with Crippen molar-refractivity contribution in [3.63, 3.8) is 0 Å². The first-order valence-corrected chi connectivity index (χ1v) is 8.53. The van der Waals surface area contributed by atoms with Crippen molar-refractivity contribution >= 4 is 10.9 Å². The third-order valence-electron chi connectivity index (χ3n) is 4.74. The minimum atomic E-state index is -2.62. The first kappa shape index (κ1) is 16.8. The van der Waals surface area contributed by atoms with Crippen LogP contribution in [0.25, 0.3) is 10.9 Å². The van der Waals surface area contributed by atoms with Crippen LogP contribution in [-0.4, -0.2) is 32.6 Å². The molecular formula is C18H18F2N4O2. The van der Waals surface area contributed by atoms with Gasteiger partial charge in [-0.25, -0.2) is 13.8 Å². The van der Waals surface area contributed by atoms with Crippen LogP contribution in [0.1, 0.15) is 30.3 Å². The summed E-state index contributed by atoms with van der Waals surface area (Å²) in [5, 5.41) is 4.06. The predicted molar refractivity (Wildman–Crippen MR) is 90.9 cm³/mol. The lowest BCUT2D eigenvalue weighted by molar-refractivity contribution is 0.120. The average molecular weight is 360 g/mol. The lowest BCUT2D eigenvalue weighted by Crippen LogP contribution is -2.33. The van der Waals surface area contributed by atoms with Crippen molar-refractivity contribution in [2.75, 3.05) is 6.54 Å². The Morgan fingerprint density at radius 3 is 2.92 bits per heavy atom. The number of benzene rings is 1. The Kier molecular flexibility index (Phi) is 4.50. The first-order valence-electron chi connectivity index (χ1n) is 8.53. The quantitative estimate of drug-likeness (QED) is 0.700. The van der Waals surface area contributed by atoms with E-state index in [4.69, 9.17) is 4.52 Å². The Labute approximate surface area is 148 Å². The van der Waals surface area contributed by atoms with E-state index in [1.807, 2.05) is 0 Å². The van der Waals surface area contributed by atoms with Crippen LogP contribution in [0.2, 0.25) is 0 Å². The van der Waals surface area contributed by atoms with Crippen LogP contribution >= 0.6 is 0 Å². The number of rotatable bonds is 5. The van der Waals surface area contributed by atoms with Gasteiger partial charge < -0.3 is 4.52 Å². The van der Waals surface area contributed by atoms with Gasteiger partial charge >= 0.3 is 0 Å². The van der Waals surface area contributed by atoms with Crippen molar-refractivity contribution in [2.45, 2.75) is 38.4 Å². The number of fused-ring (bicyclic) bond motifs is 1. The van der Waals surface area contributed by atoms with Crippen molar-refractivity contribution in [2.24, 2.45) is 0 Å². The molecule has 0 spiro atoms. The second-order valence-corrected chi connectivity index (χ2v) is 6.46. The zero-order valence-electron chi connectivity index (χ0n) is 14.0. The topological polar surface area (TPSA) is 64.2 Å². The Bertz CT molecular complexity index is 955. The number of hydrogen-bond acceptors (Lipinski definition) is 5. The smallest absolute Gasteiger partial charge is 0.261 e. The van der Waals surface area contributed by atoms with E-state index in [9.17, 15) is 13.6 Å². The second-order valence-electron chi connectivity index (χ2n) is 6.46. The molecule has 1 aliphatic rings. The van der Waals surface area contributed by atoms with Gasteiger partial charge in [-0.15, -0.1) is 0 Å². The maximum absolute atomic E-state index is 13.1. The molecule has 1 unspecified atom stereocenters. The number of nitrogens with zero attached hydrogens (tertiary/aromatic N) is 4. The molecule has 0 saturated carbocycles. The van der Waals surface area contributed by atoms with Crippen LogP contribution < -0.4 is 5.56 Å². The Balaban J connectivity index is 1.79. The van der Waals surface area contributed by atoms with Gasteiger partial charge in [-0.1, -0.05) is 17.3 Å². The maximum atomic E-state index is 13.1. The normalized spacial score (nSPS) is 18.2. The Morgan fingerprint density at radius 2 is 2.15 bits per heavy atom. The summed E-state index contributed by atoms with van der Waals surface area (Å²) >= 11 is 0. The molecule has 3 aromatic rings. The molecule has 3 heterocycles. The summed E-state index contributed by atoms with van der Waals surface area (Å²) in [6, 6.07) is 6.68. The monoisotopic (exact) mass is 360 g/mol. The average Bonchev–Trinajstić information content (AvgIpc) is 3.29. The summed E-state index contributed by atoms with van der Waals surface area (Å²) in [7, 11) is 0. The molecule has 6 nitrogen and oxygen atoms in total. The molecule has 1 saturated heterocycles. The summed E-state index contributed by atoms with van der Waals surface area (Å²) in [5.74, 6) is 0.406. The molecule has 0 bridgehead atoms. The fraction of sp³-hybridized carbons (Fsp3) is 0.389. The minimum Gasteiger partial charge on any atom is -0.364 e. The van der Waals surface area contributed by atoms with Crippen LogP contribution in [0.15, 0.2) is 46.0 Å². The van der Waals surface area contributed by atoms with Gasteiger partial charge in [-0.2, -0.15) is 0 Å². The number of aromatic nitrogens is 3. The van der Waals surface area contributed by atoms with E-state index in [2.05, 4.69) is 15.0 Å². The third-order valence-corrected chi connectivity index (χ3v) is 4.74. The van der Waals surface area contributed by atoms with Gasteiger partial charge in [0.15, 0.2) is 0 Å². The van der Waals surface area contributed by atoms with Gasteiger partial charge in [0.25, 0.3) is 12.0 Å². The lowest BCUT2D eigenvalue weighted by atomic mass is 10.1. The molecule has 26 heavy (non-hydrogen) atoms. The number of para-hydroxylation sites is 1. The molecule has 136 valence electrons. The van der Waals surface area contributed by atoms with Crippen LogP contribution in [0, 0.1) is 0 Å². The molecule has 0 radical (unpaired) electrons. The van der Waals surface area contributed by atoms with Crippen LogP contribution in [0.3, 0.4) is 0 Å². The molecule has 8 heteroatoms. The van der Waals surface area contributed by atoms with E-state index in [1.165, 1.54) is 0 Å². The van der Waals surface area contributed by atoms with Crippen LogP contribution in [-0.2, 0) is 13.1 Å². The summed E-state index contributed by atoms with van der Waals surface area (Å²) < 4.78 is 32.3. The van der Waals surface area contributed by atoms with E-state index in [0.29, 0.717) is 23.3 Å². The number of alkyl halides is 2. The largest absolute Gasteiger partial charge is 0.364 e. The summed E-state index contributed by atoms with van der Waals surface area (Å²) in [6.07, 6.45) is 2.25. The number of halogens is 2. The van der Waals surface area contributed by atoms with Crippen molar-refractivity contribution < 1.29 is 13.3 Å². The van der Waals surface area contributed by atoms with Crippen LogP contribution in [0.4, 0.5) is 8.78 Å². The van der Waals surface area contributed by atoms with Crippen LogP contribution in [0.5, 0.6) is 0 Å². The Hall–Kier alpha value is -2.61. The number of likely N-dealkylation sites (tertiary alicyclic amines) is 1. The minimum absolute atomic E-state index is 0.194. The summed E-state index contributed by atoms with van der Waals surface area (Å²) in [5.41, 5.74) is 1.03. The van der Waals surface area contributed by atoms with E-state index in [-0.39, 0.29) is 6.04 Å². The van der Waals surface area contributed by atoms with Crippen molar-refractivity contribution in [1.82, 2.24) is 19.6 Å². The van der Waals surface area contributed by atoms with Crippen molar-refractivity contribution in [3.05, 3.63) is 58.5 Å². The van der Waals surface area contributed by atoms with E-state index >= 15 is 0 Å². The SMILES string of the molecule is O=c1c2ccccc2nc(C2CCCN2Cc2cnoc2)n1CC(F)F. The first-order chi connectivity index (χ1) is 12.6. The highest BCUT2D eigenvalue weighted by Crippen LogP contribution is 2.32. The lowest BCUT2D eigenvalue weighted by Gasteiger charge is -2.26. The zero-order chi connectivity index (χ0) is 18.1. The van der Waals surface area contributed by atoms with Gasteiger partial charge in [-0.05, 0) is 31.5 Å². The van der Waals surface area contributed by atoms with Gasteiger partial charge in [0.1, 0.15) is 12.1 Å². The molecule has 4 rings (SSSR count). The highest BCUT2D eigenvalue weighted by atomic mass is 19.3. The standard InChI is InChI=1S/C18H18F2N4O2/c19-16(20)10-24-17(22-14-5-2-1-4-13(14)18(24)25)15-6-3-7-23(15)9-12-8-21-26-11-12/h1-2,4-5,8,11,15-16H,3,6-7,9-10H2. The molecule has 1 aliphatic heterocycles. The van der Waals surface area contributed by atoms with Crippen molar-refractivity contribution in [3.8, 4) is 0 Å². The fourth-order valence-corrected chi connectivity index (χ4v) is 3.60. The van der Waals surface area contributed by atoms with Gasteiger partial charge in [-0.3, -0.25) is 14.3 Å². The van der Waals surface area contributed by atoms with Gasteiger partial charge in [0, 0.05) is 12.1 Å². The van der Waals surface area contributed by atoms with Gasteiger partial charge in [0.2, 0.25) is 0 Å². The molecule has 2 aromatic heterocycles. The fourth-order valence-electron chi connectivity index (χ4n) is 3.60. The molecule has 0 aliphatic carbocycles. The number of hydrogen-bond donors (Lipinski definition) is 0. The predicted octanol–water partition coefficient (Wildman–Crippen LogP) is 2.99. The summed E-state index contributed by atoms with van der Waals surface area (Å²) in [4.78, 5) is 19.5. The third kappa shape index (κ3) is 3.12. The Morgan fingerprint density at radius 1 is 1.31 bits per heavy atom. The molecular weight excluding hydrogens is 342 g/mol. The van der Waals surface area contributed by atoms with E-state index in [1.54, 1.807) is 36.7 Å². The highest BCUT2D eigenvalue weighted by Gasteiger charge is 2.31.